The Morgan fingerprint density at radius 2 is 1.00 bits per heavy atom. The van der Waals surface area contributed by atoms with Crippen molar-refractivity contribution in [3.8, 4) is 0 Å². The van der Waals surface area contributed by atoms with Crippen LogP contribution < -0.4 is 0 Å². The zero-order valence-corrected chi connectivity index (χ0v) is 13.9. The van der Waals surface area contributed by atoms with Crippen LogP contribution in [0.4, 0.5) is 70.2 Å². The predicted molar refractivity (Wildman–Crippen MR) is 59.1 cm³/mol. The smallest absolute Gasteiger partial charge is 0.384 e. The van der Waals surface area contributed by atoms with Gasteiger partial charge in [-0.3, -0.25) is 9.47 Å². The SMILES string of the molecule is CC(C)(O)C(F)(F)C(F)OC(F)(F)C(F)(OC(F)(F)C(F)(F)C(F)(F)F)C(F)(F)F. The summed E-state index contributed by atoms with van der Waals surface area (Å²) in [7, 11) is 0. The molecule has 0 amide bonds. The Balaban J connectivity index is 6.34. The molecule has 0 aliphatic carbocycles. The minimum absolute atomic E-state index is 0.0396. The van der Waals surface area contributed by atoms with E-state index >= 15 is 0 Å². The fourth-order valence-electron chi connectivity index (χ4n) is 1.25. The summed E-state index contributed by atoms with van der Waals surface area (Å²) in [4.78, 5) is 0. The van der Waals surface area contributed by atoms with Gasteiger partial charge in [0.05, 0.1) is 0 Å². The number of halogens is 16. The van der Waals surface area contributed by atoms with Crippen molar-refractivity contribution in [3.05, 3.63) is 0 Å². The molecule has 0 fully saturated rings. The normalized spacial score (nSPS) is 18.9. The third kappa shape index (κ3) is 4.81. The van der Waals surface area contributed by atoms with E-state index in [0.717, 1.165) is 0 Å². The summed E-state index contributed by atoms with van der Waals surface area (Å²) in [6, 6.07) is 0. The van der Waals surface area contributed by atoms with Crippen LogP contribution in [0.1, 0.15) is 13.8 Å². The van der Waals surface area contributed by atoms with Gasteiger partial charge in [0.25, 0.3) is 6.36 Å². The number of aliphatic hydroxyl groups is 1. The van der Waals surface area contributed by atoms with E-state index in [4.69, 9.17) is 5.11 Å². The van der Waals surface area contributed by atoms with Gasteiger partial charge in [-0.05, 0) is 13.8 Å². The van der Waals surface area contributed by atoms with E-state index in [1.165, 1.54) is 4.74 Å². The van der Waals surface area contributed by atoms with Gasteiger partial charge in [-0.15, -0.1) is 0 Å². The molecule has 182 valence electrons. The van der Waals surface area contributed by atoms with E-state index in [-0.39, 0.29) is 13.8 Å². The summed E-state index contributed by atoms with van der Waals surface area (Å²) < 4.78 is 208. The zero-order chi connectivity index (χ0) is 25.0. The van der Waals surface area contributed by atoms with Crippen molar-refractivity contribution in [2.45, 2.75) is 68.1 Å². The molecule has 19 heteroatoms. The quantitative estimate of drug-likeness (QED) is 0.466. The Morgan fingerprint density at radius 3 is 1.27 bits per heavy atom. The van der Waals surface area contributed by atoms with Crippen LogP contribution in [-0.4, -0.2) is 59.3 Å². The minimum atomic E-state index is -7.74. The van der Waals surface area contributed by atoms with E-state index in [0.29, 0.717) is 0 Å². The Morgan fingerprint density at radius 1 is 0.633 bits per heavy atom. The van der Waals surface area contributed by atoms with Gasteiger partial charge < -0.3 is 5.11 Å². The number of alkyl halides is 16. The Bertz CT molecular complexity index is 603. The molecular formula is C11H8F16O3. The van der Waals surface area contributed by atoms with Gasteiger partial charge in [0.2, 0.25) is 0 Å². The third-order valence-corrected chi connectivity index (χ3v) is 3.08. The maximum Gasteiger partial charge on any atom is 0.462 e. The highest BCUT2D eigenvalue weighted by molar-refractivity contribution is 4.95. The molecule has 1 N–H and O–H groups in total. The number of hydrogen-bond acceptors (Lipinski definition) is 3. The van der Waals surface area contributed by atoms with Crippen LogP contribution in [0.5, 0.6) is 0 Å². The molecule has 0 aromatic rings. The first-order chi connectivity index (χ1) is 12.6. The summed E-state index contributed by atoms with van der Waals surface area (Å²) in [5.41, 5.74) is -3.73. The molecule has 0 aromatic heterocycles. The first-order valence-corrected chi connectivity index (χ1v) is 6.66. The van der Waals surface area contributed by atoms with Crippen LogP contribution in [-0.2, 0) is 9.47 Å². The molecule has 0 saturated heterocycles. The van der Waals surface area contributed by atoms with Gasteiger partial charge in [0.15, 0.2) is 0 Å². The van der Waals surface area contributed by atoms with Crippen molar-refractivity contribution in [1.29, 1.82) is 0 Å². The van der Waals surface area contributed by atoms with Crippen molar-refractivity contribution < 1.29 is 84.8 Å². The second-order valence-corrected chi connectivity index (χ2v) is 5.92. The lowest BCUT2D eigenvalue weighted by atomic mass is 10.0. The monoisotopic (exact) mass is 492 g/mol. The Hall–Kier alpha value is -1.24. The van der Waals surface area contributed by atoms with E-state index in [1.807, 2.05) is 0 Å². The highest BCUT2D eigenvalue weighted by Crippen LogP contribution is 2.55. The van der Waals surface area contributed by atoms with Crippen LogP contribution in [0.2, 0.25) is 0 Å². The van der Waals surface area contributed by atoms with Crippen LogP contribution in [0.15, 0.2) is 0 Å². The van der Waals surface area contributed by atoms with Crippen molar-refractivity contribution in [2.24, 2.45) is 0 Å². The molecule has 0 saturated carbocycles. The van der Waals surface area contributed by atoms with Crippen LogP contribution >= 0.6 is 0 Å². The molecule has 0 bridgehead atoms. The van der Waals surface area contributed by atoms with Crippen LogP contribution in [0.25, 0.3) is 0 Å². The van der Waals surface area contributed by atoms with E-state index in [9.17, 15) is 70.2 Å². The van der Waals surface area contributed by atoms with E-state index < -0.39 is 54.2 Å². The Labute approximate surface area is 154 Å². The molecule has 0 spiro atoms. The highest BCUT2D eigenvalue weighted by Gasteiger charge is 2.84. The number of ether oxygens (including phenoxy) is 2. The van der Waals surface area contributed by atoms with Gasteiger partial charge in [0.1, 0.15) is 5.60 Å². The number of hydrogen-bond donors (Lipinski definition) is 1. The summed E-state index contributed by atoms with van der Waals surface area (Å²) in [5, 5.41) is 8.85. The Kier molecular flexibility index (Phi) is 7.11. The first-order valence-electron chi connectivity index (χ1n) is 6.66. The lowest BCUT2D eigenvalue weighted by Crippen LogP contribution is -2.66. The summed E-state index contributed by atoms with van der Waals surface area (Å²) in [5.74, 6) is -21.1. The maximum absolute atomic E-state index is 13.7. The lowest BCUT2D eigenvalue weighted by Gasteiger charge is -2.39. The number of rotatable bonds is 8. The average Bonchev–Trinajstić information content (AvgIpc) is 2.41. The summed E-state index contributed by atoms with van der Waals surface area (Å²) in [6.45, 7) is -0.0792. The summed E-state index contributed by atoms with van der Waals surface area (Å²) in [6.07, 6.45) is -35.5. The molecule has 3 nitrogen and oxygen atoms in total. The molecule has 30 heavy (non-hydrogen) atoms. The average molecular weight is 492 g/mol. The molecule has 2 atom stereocenters. The second-order valence-electron chi connectivity index (χ2n) is 5.92. The van der Waals surface area contributed by atoms with Crippen molar-refractivity contribution in [3.63, 3.8) is 0 Å². The third-order valence-electron chi connectivity index (χ3n) is 3.08. The van der Waals surface area contributed by atoms with Gasteiger partial charge in [0, 0.05) is 0 Å². The van der Waals surface area contributed by atoms with Crippen molar-refractivity contribution in [2.75, 3.05) is 0 Å². The summed E-state index contributed by atoms with van der Waals surface area (Å²) >= 11 is 0. The molecule has 0 rings (SSSR count). The zero-order valence-electron chi connectivity index (χ0n) is 13.9. The molecule has 0 aliphatic heterocycles. The highest BCUT2D eigenvalue weighted by atomic mass is 19.4. The standard InChI is InChI=1S/C11H8F16O3/c1-4(2,28)5(13,14)3(12)29-11(26,27)7(17,9(21,22)23)30-10(24,25)6(15,16)8(18,19)20/h3,28H,1-2H3. The second kappa shape index (κ2) is 7.42. The topological polar surface area (TPSA) is 38.7 Å². The van der Waals surface area contributed by atoms with Crippen LogP contribution in [0.3, 0.4) is 0 Å². The van der Waals surface area contributed by atoms with Crippen molar-refractivity contribution in [1.82, 2.24) is 0 Å². The first kappa shape index (κ1) is 28.8. The maximum atomic E-state index is 13.7. The predicted octanol–water partition coefficient (Wildman–Crippen LogP) is 5.33. The van der Waals surface area contributed by atoms with Crippen LogP contribution in [0, 0.1) is 0 Å². The van der Waals surface area contributed by atoms with Gasteiger partial charge in [-0.25, -0.2) is 4.39 Å². The molecule has 0 aromatic carbocycles. The molecule has 0 aliphatic rings. The van der Waals surface area contributed by atoms with Crippen molar-refractivity contribution >= 4 is 0 Å². The largest absolute Gasteiger partial charge is 0.462 e. The van der Waals surface area contributed by atoms with Gasteiger partial charge in [-0.2, -0.15) is 65.9 Å². The van der Waals surface area contributed by atoms with Gasteiger partial charge in [-0.1, -0.05) is 0 Å². The van der Waals surface area contributed by atoms with E-state index in [2.05, 4.69) is 4.74 Å². The molecular weight excluding hydrogens is 484 g/mol. The fourth-order valence-corrected chi connectivity index (χ4v) is 1.25. The molecule has 0 radical (unpaired) electrons. The molecule has 0 heterocycles. The lowest BCUT2D eigenvalue weighted by molar-refractivity contribution is -0.542. The fraction of sp³-hybridized carbons (Fsp3) is 1.00. The van der Waals surface area contributed by atoms with E-state index in [1.54, 1.807) is 0 Å². The molecule has 2 unspecified atom stereocenters. The van der Waals surface area contributed by atoms with Gasteiger partial charge >= 0.3 is 42.3 Å². The minimum Gasteiger partial charge on any atom is -0.384 e.